The van der Waals surface area contributed by atoms with E-state index in [0.29, 0.717) is 5.56 Å². The minimum atomic E-state index is -0.475. The van der Waals surface area contributed by atoms with Crippen molar-refractivity contribution in [1.29, 1.82) is 0 Å². The summed E-state index contributed by atoms with van der Waals surface area (Å²) in [7, 11) is 0. The molecule has 0 aliphatic rings. The molecule has 0 nitrogen and oxygen atoms in total. The van der Waals surface area contributed by atoms with Gasteiger partial charge in [0.2, 0.25) is 0 Å². The van der Waals surface area contributed by atoms with Crippen molar-refractivity contribution in [2.75, 3.05) is 0 Å². The molecule has 2 aromatic rings. The van der Waals surface area contributed by atoms with Gasteiger partial charge < -0.3 is 0 Å². The average molecular weight is 248 g/mol. The summed E-state index contributed by atoms with van der Waals surface area (Å²) in [5.74, 6) is -0.949. The molecule has 0 spiro atoms. The second-order valence-corrected chi connectivity index (χ2v) is 4.51. The lowest BCUT2D eigenvalue weighted by Gasteiger charge is -1.98. The Kier molecular flexibility index (Phi) is 5.02. The second kappa shape index (κ2) is 6.29. The van der Waals surface area contributed by atoms with Gasteiger partial charge in [-0.25, -0.2) is 8.78 Å². The predicted octanol–water partition coefficient (Wildman–Crippen LogP) is 4.89. The Hall–Kier alpha value is -1.70. The highest BCUT2D eigenvalue weighted by Crippen LogP contribution is 2.12. The fourth-order valence-corrected chi connectivity index (χ4v) is 1.41. The second-order valence-electron chi connectivity index (χ2n) is 4.51. The molecule has 96 valence electrons. The average Bonchev–Trinajstić information content (AvgIpc) is 2.31. The molecule has 0 aromatic heterocycles. The molecule has 0 amide bonds. The summed E-state index contributed by atoms with van der Waals surface area (Å²) >= 11 is 0. The first-order valence-electron chi connectivity index (χ1n) is 5.85. The zero-order valence-electron chi connectivity index (χ0n) is 11.2. The molecule has 0 aliphatic carbocycles. The number of halogens is 2. The van der Waals surface area contributed by atoms with E-state index in [0.717, 1.165) is 0 Å². The third kappa shape index (κ3) is 4.28. The molecule has 0 bridgehead atoms. The maximum atomic E-state index is 12.6. The van der Waals surface area contributed by atoms with Gasteiger partial charge in [-0.3, -0.25) is 0 Å². The van der Waals surface area contributed by atoms with Gasteiger partial charge in [-0.2, -0.15) is 0 Å². The Morgan fingerprint density at radius 3 is 1.28 bits per heavy atom. The monoisotopic (exact) mass is 248 g/mol. The Bertz CT molecular complexity index is 469. The number of hydrogen-bond acceptors (Lipinski definition) is 0. The van der Waals surface area contributed by atoms with Crippen molar-refractivity contribution in [3.63, 3.8) is 0 Å². The maximum absolute atomic E-state index is 12.6. The van der Waals surface area contributed by atoms with Crippen molar-refractivity contribution in [2.45, 2.75) is 27.7 Å². The first-order valence-corrected chi connectivity index (χ1v) is 5.85. The highest BCUT2D eigenvalue weighted by Gasteiger charge is 2.02. The van der Waals surface area contributed by atoms with E-state index >= 15 is 0 Å². The molecule has 0 saturated heterocycles. The van der Waals surface area contributed by atoms with Crippen LogP contribution < -0.4 is 0 Å². The van der Waals surface area contributed by atoms with E-state index in [-0.39, 0.29) is 5.56 Å². The molecule has 0 heterocycles. The van der Waals surface area contributed by atoms with Crippen LogP contribution in [-0.4, -0.2) is 0 Å². The van der Waals surface area contributed by atoms with E-state index in [1.165, 1.54) is 30.2 Å². The van der Waals surface area contributed by atoms with Gasteiger partial charge in [0.05, 0.1) is 0 Å². The predicted molar refractivity (Wildman–Crippen MR) is 71.7 cm³/mol. The van der Waals surface area contributed by atoms with E-state index < -0.39 is 11.6 Å². The van der Waals surface area contributed by atoms with Gasteiger partial charge in [0.15, 0.2) is 0 Å². The molecule has 0 saturated carbocycles. The smallest absolute Gasteiger partial charge is 0.129 e. The number of rotatable bonds is 0. The Labute approximate surface area is 107 Å². The fourth-order valence-electron chi connectivity index (χ4n) is 1.41. The van der Waals surface area contributed by atoms with Gasteiger partial charge in [-0.05, 0) is 45.4 Å². The van der Waals surface area contributed by atoms with Crippen LogP contribution >= 0.6 is 0 Å². The van der Waals surface area contributed by atoms with E-state index in [9.17, 15) is 8.78 Å². The lowest BCUT2D eigenvalue weighted by molar-refractivity contribution is 0.566. The topological polar surface area (TPSA) is 0 Å². The molecule has 0 fully saturated rings. The summed E-state index contributed by atoms with van der Waals surface area (Å²) in [5, 5.41) is 0. The van der Waals surface area contributed by atoms with Crippen molar-refractivity contribution < 1.29 is 8.78 Å². The van der Waals surface area contributed by atoms with Gasteiger partial charge in [-0.15, -0.1) is 0 Å². The maximum Gasteiger partial charge on any atom is 0.129 e. The standard InChI is InChI=1S/C8H8F2.C8H10/c1-5-3-7(9)6(2)8(10)4-5;1-7-3-5-8(2)6-4-7/h3-4H,1-2H3;3-6H,1-2H3. The molecular weight excluding hydrogens is 230 g/mol. The SMILES string of the molecule is Cc1cc(F)c(C)c(F)c1.Cc1ccc(C)cc1. The summed E-state index contributed by atoms with van der Waals surface area (Å²) in [6, 6.07) is 11.1. The molecule has 0 radical (unpaired) electrons. The van der Waals surface area contributed by atoms with Crippen LogP contribution in [0.1, 0.15) is 22.3 Å². The zero-order valence-corrected chi connectivity index (χ0v) is 11.2. The van der Waals surface area contributed by atoms with Crippen LogP contribution in [-0.2, 0) is 0 Å². The number of aryl methyl sites for hydroxylation is 3. The molecule has 2 rings (SSSR count). The van der Waals surface area contributed by atoms with Crippen molar-refractivity contribution in [3.8, 4) is 0 Å². The van der Waals surface area contributed by atoms with Crippen LogP contribution in [0.15, 0.2) is 36.4 Å². The van der Waals surface area contributed by atoms with Crippen molar-refractivity contribution in [1.82, 2.24) is 0 Å². The third-order valence-corrected chi connectivity index (χ3v) is 2.64. The summed E-state index contributed by atoms with van der Waals surface area (Å²) in [6.07, 6.45) is 0. The molecule has 2 heteroatoms. The molecule has 0 N–H and O–H groups in total. The van der Waals surface area contributed by atoms with Crippen LogP contribution in [0.25, 0.3) is 0 Å². The minimum absolute atomic E-state index is 0.0885. The van der Waals surface area contributed by atoms with Gasteiger partial charge >= 0.3 is 0 Å². The Balaban J connectivity index is 0.000000184. The van der Waals surface area contributed by atoms with Crippen molar-refractivity contribution >= 4 is 0 Å². The van der Waals surface area contributed by atoms with Crippen LogP contribution in [0, 0.1) is 39.3 Å². The quantitative estimate of drug-likeness (QED) is 0.623. The first-order chi connectivity index (χ1) is 8.40. The largest absolute Gasteiger partial charge is 0.207 e. The highest BCUT2D eigenvalue weighted by molar-refractivity contribution is 5.23. The van der Waals surface area contributed by atoms with E-state index in [4.69, 9.17) is 0 Å². The number of benzene rings is 2. The van der Waals surface area contributed by atoms with E-state index in [1.807, 2.05) is 0 Å². The summed E-state index contributed by atoms with van der Waals surface area (Å²) < 4.78 is 25.2. The first kappa shape index (κ1) is 14.4. The fraction of sp³-hybridized carbons (Fsp3) is 0.250. The summed E-state index contributed by atoms with van der Waals surface area (Å²) in [6.45, 7) is 7.27. The molecule has 0 aliphatic heterocycles. The Morgan fingerprint density at radius 1 is 0.611 bits per heavy atom. The van der Waals surface area contributed by atoms with Crippen LogP contribution in [0.2, 0.25) is 0 Å². The molecule has 0 atom stereocenters. The van der Waals surface area contributed by atoms with Gasteiger partial charge in [-0.1, -0.05) is 35.4 Å². The normalized spacial score (nSPS) is 9.67. The van der Waals surface area contributed by atoms with Crippen LogP contribution in [0.4, 0.5) is 8.78 Å². The summed E-state index contributed by atoms with van der Waals surface area (Å²) in [5.41, 5.74) is 3.36. The van der Waals surface area contributed by atoms with E-state index in [2.05, 4.69) is 38.1 Å². The van der Waals surface area contributed by atoms with Gasteiger partial charge in [0.1, 0.15) is 11.6 Å². The minimum Gasteiger partial charge on any atom is -0.207 e. The lowest BCUT2D eigenvalue weighted by atomic mass is 10.1. The van der Waals surface area contributed by atoms with Crippen molar-refractivity contribution in [2.24, 2.45) is 0 Å². The summed E-state index contributed by atoms with van der Waals surface area (Å²) in [4.78, 5) is 0. The van der Waals surface area contributed by atoms with Crippen molar-refractivity contribution in [3.05, 3.63) is 70.3 Å². The molecule has 2 aromatic carbocycles. The molecule has 0 unspecified atom stereocenters. The van der Waals surface area contributed by atoms with Gasteiger partial charge in [0.25, 0.3) is 0 Å². The van der Waals surface area contributed by atoms with E-state index in [1.54, 1.807) is 6.92 Å². The molecule has 18 heavy (non-hydrogen) atoms. The zero-order chi connectivity index (χ0) is 13.7. The number of hydrogen-bond donors (Lipinski definition) is 0. The van der Waals surface area contributed by atoms with Crippen LogP contribution in [0.5, 0.6) is 0 Å². The molecular formula is C16H18F2. The highest BCUT2D eigenvalue weighted by atomic mass is 19.1. The Morgan fingerprint density at radius 2 is 0.944 bits per heavy atom. The third-order valence-electron chi connectivity index (χ3n) is 2.64. The van der Waals surface area contributed by atoms with Crippen LogP contribution in [0.3, 0.4) is 0 Å². The van der Waals surface area contributed by atoms with Gasteiger partial charge in [0, 0.05) is 5.56 Å². The lowest BCUT2D eigenvalue weighted by Crippen LogP contribution is -1.88.